The Balaban J connectivity index is 1.93. The van der Waals surface area contributed by atoms with Crippen LogP contribution in [0.25, 0.3) is 0 Å². The molecule has 1 aliphatic carbocycles. The van der Waals surface area contributed by atoms with Gasteiger partial charge in [0.25, 0.3) is 0 Å². The van der Waals surface area contributed by atoms with Crippen molar-refractivity contribution in [3.05, 3.63) is 0 Å². The van der Waals surface area contributed by atoms with E-state index in [0.29, 0.717) is 5.92 Å². The molecule has 19 heavy (non-hydrogen) atoms. The number of aliphatic hydroxyl groups excluding tert-OH is 1. The Labute approximate surface area is 121 Å². The van der Waals surface area contributed by atoms with E-state index in [1.165, 1.54) is 89.9 Å². The summed E-state index contributed by atoms with van der Waals surface area (Å²) in [5.74, 6) is 0.618. The Morgan fingerprint density at radius 2 is 1.32 bits per heavy atom. The summed E-state index contributed by atoms with van der Waals surface area (Å²) in [7, 11) is 0. The summed E-state index contributed by atoms with van der Waals surface area (Å²) in [6.45, 7) is 2.27. The van der Waals surface area contributed by atoms with Crippen LogP contribution in [0, 0.1) is 5.92 Å². The van der Waals surface area contributed by atoms with Crippen LogP contribution in [0.2, 0.25) is 0 Å². The van der Waals surface area contributed by atoms with Crippen molar-refractivity contribution in [2.75, 3.05) is 0 Å². The van der Waals surface area contributed by atoms with Crippen molar-refractivity contribution in [2.24, 2.45) is 5.92 Å². The van der Waals surface area contributed by atoms with E-state index in [-0.39, 0.29) is 6.10 Å². The average Bonchev–Trinajstić information content (AvgIpc) is 2.70. The Morgan fingerprint density at radius 3 is 1.89 bits per heavy atom. The highest BCUT2D eigenvalue weighted by Gasteiger charge is 2.19. The third kappa shape index (κ3) is 8.68. The summed E-state index contributed by atoms with van der Waals surface area (Å²) in [6.07, 6.45) is 20.0. The maximum Gasteiger partial charge on any atom is 0.0568 e. The van der Waals surface area contributed by atoms with Crippen LogP contribution in [0.4, 0.5) is 0 Å². The molecule has 114 valence electrons. The summed E-state index contributed by atoms with van der Waals surface area (Å²) >= 11 is 0. The lowest BCUT2D eigenvalue weighted by atomic mass is 9.90. The SMILES string of the molecule is CCCCCCCCCCC(O)C1CCCCCC1. The van der Waals surface area contributed by atoms with Crippen molar-refractivity contribution in [2.45, 2.75) is 109 Å². The lowest BCUT2D eigenvalue weighted by Crippen LogP contribution is -2.19. The predicted octanol–water partition coefficient (Wildman–Crippen LogP) is 5.85. The summed E-state index contributed by atoms with van der Waals surface area (Å²) in [6, 6.07) is 0. The Hall–Kier alpha value is -0.0400. The van der Waals surface area contributed by atoms with Crippen LogP contribution in [0.5, 0.6) is 0 Å². The van der Waals surface area contributed by atoms with E-state index in [1.807, 2.05) is 0 Å². The molecule has 0 bridgehead atoms. The predicted molar refractivity (Wildman–Crippen MR) is 84.4 cm³/mol. The van der Waals surface area contributed by atoms with Crippen molar-refractivity contribution >= 4 is 0 Å². The number of hydrogen-bond acceptors (Lipinski definition) is 1. The molecule has 0 aromatic carbocycles. The smallest absolute Gasteiger partial charge is 0.0568 e. The number of unbranched alkanes of at least 4 members (excludes halogenated alkanes) is 7. The lowest BCUT2D eigenvalue weighted by molar-refractivity contribution is 0.0874. The van der Waals surface area contributed by atoms with Gasteiger partial charge in [0, 0.05) is 0 Å². The minimum atomic E-state index is -0.00167. The van der Waals surface area contributed by atoms with E-state index < -0.39 is 0 Å². The lowest BCUT2D eigenvalue weighted by Gasteiger charge is -2.21. The molecular formula is C18H36O. The number of rotatable bonds is 10. The summed E-state index contributed by atoms with van der Waals surface area (Å²) in [5.41, 5.74) is 0. The van der Waals surface area contributed by atoms with Crippen LogP contribution in [-0.4, -0.2) is 11.2 Å². The molecular weight excluding hydrogens is 232 g/mol. The first kappa shape index (κ1) is 17.0. The van der Waals surface area contributed by atoms with Crippen molar-refractivity contribution in [3.8, 4) is 0 Å². The molecule has 0 heterocycles. The second kappa shape index (κ2) is 11.8. The molecule has 0 aromatic heterocycles. The van der Waals surface area contributed by atoms with Crippen LogP contribution >= 0.6 is 0 Å². The normalized spacial score (nSPS) is 19.3. The van der Waals surface area contributed by atoms with Crippen molar-refractivity contribution in [1.82, 2.24) is 0 Å². The molecule has 0 radical (unpaired) electrons. The van der Waals surface area contributed by atoms with E-state index in [4.69, 9.17) is 0 Å². The van der Waals surface area contributed by atoms with E-state index in [0.717, 1.165) is 6.42 Å². The minimum absolute atomic E-state index is 0.00167. The fourth-order valence-electron chi connectivity index (χ4n) is 3.42. The van der Waals surface area contributed by atoms with Gasteiger partial charge in [-0.15, -0.1) is 0 Å². The molecule has 1 atom stereocenters. The first-order valence-electron chi connectivity index (χ1n) is 9.02. The van der Waals surface area contributed by atoms with Gasteiger partial charge in [-0.2, -0.15) is 0 Å². The summed E-state index contributed by atoms with van der Waals surface area (Å²) in [4.78, 5) is 0. The van der Waals surface area contributed by atoms with Gasteiger partial charge >= 0.3 is 0 Å². The zero-order chi connectivity index (χ0) is 13.8. The molecule has 1 nitrogen and oxygen atoms in total. The van der Waals surface area contributed by atoms with Crippen LogP contribution in [0.1, 0.15) is 103 Å². The van der Waals surface area contributed by atoms with Crippen LogP contribution in [0.15, 0.2) is 0 Å². The van der Waals surface area contributed by atoms with Gasteiger partial charge in [0.2, 0.25) is 0 Å². The van der Waals surface area contributed by atoms with Gasteiger partial charge in [0.1, 0.15) is 0 Å². The van der Waals surface area contributed by atoms with Gasteiger partial charge in [0.05, 0.1) is 6.10 Å². The van der Waals surface area contributed by atoms with Gasteiger partial charge in [-0.1, -0.05) is 84.0 Å². The summed E-state index contributed by atoms with van der Waals surface area (Å²) in [5, 5.41) is 10.3. The number of aliphatic hydroxyl groups is 1. The first-order valence-corrected chi connectivity index (χ1v) is 9.02. The second-order valence-corrected chi connectivity index (χ2v) is 6.58. The van der Waals surface area contributed by atoms with Gasteiger partial charge in [0.15, 0.2) is 0 Å². The molecule has 0 saturated heterocycles. The Bertz CT molecular complexity index is 182. The van der Waals surface area contributed by atoms with Gasteiger partial charge in [-0.25, -0.2) is 0 Å². The molecule has 0 spiro atoms. The molecule has 0 aliphatic heterocycles. The average molecular weight is 268 g/mol. The van der Waals surface area contributed by atoms with Gasteiger partial charge in [-0.3, -0.25) is 0 Å². The third-order valence-corrected chi connectivity index (χ3v) is 4.80. The molecule has 1 heteroatoms. The fourth-order valence-corrected chi connectivity index (χ4v) is 3.42. The molecule has 1 unspecified atom stereocenters. The molecule has 0 amide bonds. The second-order valence-electron chi connectivity index (χ2n) is 6.58. The summed E-state index contributed by atoms with van der Waals surface area (Å²) < 4.78 is 0. The van der Waals surface area contributed by atoms with Crippen LogP contribution in [0.3, 0.4) is 0 Å². The monoisotopic (exact) mass is 268 g/mol. The highest BCUT2D eigenvalue weighted by Crippen LogP contribution is 2.27. The third-order valence-electron chi connectivity index (χ3n) is 4.80. The van der Waals surface area contributed by atoms with E-state index in [9.17, 15) is 5.11 Å². The minimum Gasteiger partial charge on any atom is -0.393 e. The zero-order valence-corrected chi connectivity index (χ0v) is 13.2. The topological polar surface area (TPSA) is 20.2 Å². The van der Waals surface area contributed by atoms with Gasteiger partial charge < -0.3 is 5.11 Å². The van der Waals surface area contributed by atoms with E-state index in [1.54, 1.807) is 0 Å². The fraction of sp³-hybridized carbons (Fsp3) is 1.00. The Kier molecular flexibility index (Phi) is 10.5. The highest BCUT2D eigenvalue weighted by molar-refractivity contribution is 4.72. The molecule has 1 fully saturated rings. The van der Waals surface area contributed by atoms with Gasteiger partial charge in [-0.05, 0) is 25.2 Å². The quantitative estimate of drug-likeness (QED) is 0.389. The van der Waals surface area contributed by atoms with Crippen LogP contribution < -0.4 is 0 Å². The van der Waals surface area contributed by atoms with E-state index >= 15 is 0 Å². The first-order chi connectivity index (χ1) is 9.34. The maximum atomic E-state index is 10.3. The molecule has 1 aliphatic rings. The molecule has 1 saturated carbocycles. The molecule has 0 aromatic rings. The van der Waals surface area contributed by atoms with Crippen molar-refractivity contribution in [1.29, 1.82) is 0 Å². The molecule has 1 rings (SSSR count). The molecule has 1 N–H and O–H groups in total. The maximum absolute atomic E-state index is 10.3. The number of hydrogen-bond donors (Lipinski definition) is 1. The largest absolute Gasteiger partial charge is 0.393 e. The highest BCUT2D eigenvalue weighted by atomic mass is 16.3. The van der Waals surface area contributed by atoms with Crippen molar-refractivity contribution in [3.63, 3.8) is 0 Å². The van der Waals surface area contributed by atoms with Crippen LogP contribution in [-0.2, 0) is 0 Å². The Morgan fingerprint density at radius 1 is 0.789 bits per heavy atom. The van der Waals surface area contributed by atoms with Crippen molar-refractivity contribution < 1.29 is 5.11 Å². The van der Waals surface area contributed by atoms with E-state index in [2.05, 4.69) is 6.92 Å². The zero-order valence-electron chi connectivity index (χ0n) is 13.2. The standard InChI is InChI=1S/C18H36O/c1-2-3-4-5-6-7-8-13-16-18(19)17-14-11-9-10-12-15-17/h17-19H,2-16H2,1H3.